The lowest BCUT2D eigenvalue weighted by atomic mass is 10.1. The number of carbonyl (C=O) groups is 1. The summed E-state index contributed by atoms with van der Waals surface area (Å²) < 4.78 is 29.9. The number of nitrogens with zero attached hydrogens (tertiary/aromatic N) is 1. The highest BCUT2D eigenvalue weighted by Gasteiger charge is 2.36. The van der Waals surface area contributed by atoms with Crippen LogP contribution in [0.25, 0.3) is 11.0 Å². The number of aryl methyl sites for hydroxylation is 2. The van der Waals surface area contributed by atoms with Crippen LogP contribution in [0.1, 0.15) is 33.0 Å². The van der Waals surface area contributed by atoms with Crippen molar-refractivity contribution in [2.45, 2.75) is 32.9 Å². The van der Waals surface area contributed by atoms with Gasteiger partial charge in [0.25, 0.3) is 5.91 Å². The second-order valence-electron chi connectivity index (χ2n) is 7.13. The lowest BCUT2D eigenvalue weighted by molar-refractivity contribution is 0.0651. The summed E-state index contributed by atoms with van der Waals surface area (Å²) in [5, 5.41) is 2.87. The Kier molecular flexibility index (Phi) is 4.60. The quantitative estimate of drug-likeness (QED) is 0.662. The molecule has 1 fully saturated rings. The summed E-state index contributed by atoms with van der Waals surface area (Å²) in [6, 6.07) is 9.45. The maximum atomic E-state index is 13.4. The second kappa shape index (κ2) is 6.80. The molecule has 0 unspecified atom stereocenters. The van der Waals surface area contributed by atoms with Gasteiger partial charge in [0.1, 0.15) is 5.58 Å². The number of amides is 1. The lowest BCUT2D eigenvalue weighted by Gasteiger charge is -2.27. The number of furan rings is 1. The molecule has 1 amide bonds. The molecule has 0 N–H and O–H groups in total. The predicted octanol–water partition coefficient (Wildman–Crippen LogP) is 3.94. The Balaban J connectivity index is 1.73. The molecule has 0 aliphatic carbocycles. The number of rotatable bonds is 4. The molecule has 0 radical (unpaired) electrons. The third-order valence-electron chi connectivity index (χ3n) is 5.10. The van der Waals surface area contributed by atoms with Crippen LogP contribution in [0.15, 0.2) is 40.1 Å². The zero-order valence-electron chi connectivity index (χ0n) is 15.3. The van der Waals surface area contributed by atoms with Gasteiger partial charge in [0.2, 0.25) is 0 Å². The lowest BCUT2D eigenvalue weighted by Crippen LogP contribution is -2.40. The number of thiophene rings is 1. The topological polar surface area (TPSA) is 67.6 Å². The number of hydrogen-bond acceptors (Lipinski definition) is 5. The Morgan fingerprint density at radius 3 is 2.78 bits per heavy atom. The van der Waals surface area contributed by atoms with E-state index in [1.807, 2.05) is 49.6 Å². The molecule has 2 aromatic heterocycles. The standard InChI is InChI=1S/C20H21NO4S2/c1-13-5-6-17-14(2)19(25-18(17)10-13)20(22)21(11-16-4-3-8-26-16)15-7-9-27(23,24)12-15/h3-6,8,10,15H,7,9,11-12H2,1-2H3/t15-/m1/s1. The summed E-state index contributed by atoms with van der Waals surface area (Å²) in [6.45, 7) is 4.25. The molecule has 7 heteroatoms. The van der Waals surface area contributed by atoms with E-state index in [1.165, 1.54) is 0 Å². The van der Waals surface area contributed by atoms with Crippen molar-refractivity contribution < 1.29 is 17.6 Å². The van der Waals surface area contributed by atoms with Gasteiger partial charge in [0.15, 0.2) is 15.6 Å². The minimum absolute atomic E-state index is 0.0164. The maximum absolute atomic E-state index is 13.4. The summed E-state index contributed by atoms with van der Waals surface area (Å²) in [4.78, 5) is 16.1. The molecule has 1 aromatic carbocycles. The Labute approximate surface area is 162 Å². The third-order valence-corrected chi connectivity index (χ3v) is 7.72. The monoisotopic (exact) mass is 403 g/mol. The summed E-state index contributed by atoms with van der Waals surface area (Å²) in [5.74, 6) is 0.209. The number of fused-ring (bicyclic) bond motifs is 1. The van der Waals surface area contributed by atoms with Crippen molar-refractivity contribution in [1.29, 1.82) is 0 Å². The van der Waals surface area contributed by atoms with E-state index in [-0.39, 0.29) is 23.5 Å². The second-order valence-corrected chi connectivity index (χ2v) is 10.4. The van der Waals surface area contributed by atoms with Crippen molar-refractivity contribution in [3.05, 3.63) is 57.5 Å². The maximum Gasteiger partial charge on any atom is 0.290 e. The van der Waals surface area contributed by atoms with E-state index in [0.29, 0.717) is 24.3 Å². The zero-order valence-corrected chi connectivity index (χ0v) is 16.9. The van der Waals surface area contributed by atoms with Crippen LogP contribution in [0.4, 0.5) is 0 Å². The van der Waals surface area contributed by atoms with Crippen LogP contribution in [0.5, 0.6) is 0 Å². The van der Waals surface area contributed by atoms with E-state index in [1.54, 1.807) is 16.2 Å². The summed E-state index contributed by atoms with van der Waals surface area (Å²) >= 11 is 1.56. The molecule has 3 aromatic rings. The fourth-order valence-electron chi connectivity index (χ4n) is 3.63. The summed E-state index contributed by atoms with van der Waals surface area (Å²) in [6.07, 6.45) is 0.470. The molecule has 0 spiro atoms. The van der Waals surface area contributed by atoms with Crippen LogP contribution < -0.4 is 0 Å². The minimum atomic E-state index is -3.10. The van der Waals surface area contributed by atoms with Crippen LogP contribution in [-0.4, -0.2) is 36.8 Å². The first-order chi connectivity index (χ1) is 12.8. The fourth-order valence-corrected chi connectivity index (χ4v) is 6.06. The normalized spacial score (nSPS) is 18.8. The SMILES string of the molecule is Cc1ccc2c(C)c(C(=O)N(Cc3cccs3)[C@@H]3CCS(=O)(=O)C3)oc2c1. The van der Waals surface area contributed by atoms with E-state index in [2.05, 4.69) is 0 Å². The van der Waals surface area contributed by atoms with Gasteiger partial charge < -0.3 is 9.32 Å². The van der Waals surface area contributed by atoms with Gasteiger partial charge in [-0.05, 0) is 43.3 Å². The molecule has 0 bridgehead atoms. The highest BCUT2D eigenvalue weighted by Crippen LogP contribution is 2.30. The average molecular weight is 404 g/mol. The molecule has 1 aliphatic heterocycles. The third kappa shape index (κ3) is 3.53. The van der Waals surface area contributed by atoms with Gasteiger partial charge in [-0.3, -0.25) is 4.79 Å². The van der Waals surface area contributed by atoms with Crippen molar-refractivity contribution in [2.75, 3.05) is 11.5 Å². The van der Waals surface area contributed by atoms with E-state index in [4.69, 9.17) is 4.42 Å². The molecular weight excluding hydrogens is 382 g/mol. The molecule has 3 heterocycles. The summed E-state index contributed by atoms with van der Waals surface area (Å²) in [7, 11) is -3.10. The van der Waals surface area contributed by atoms with E-state index < -0.39 is 9.84 Å². The average Bonchev–Trinajstić information content (AvgIpc) is 3.32. The highest BCUT2D eigenvalue weighted by molar-refractivity contribution is 7.91. The molecule has 0 saturated carbocycles. The largest absolute Gasteiger partial charge is 0.451 e. The molecule has 142 valence electrons. The molecule has 1 saturated heterocycles. The van der Waals surface area contributed by atoms with E-state index >= 15 is 0 Å². The molecule has 27 heavy (non-hydrogen) atoms. The van der Waals surface area contributed by atoms with Crippen LogP contribution in [-0.2, 0) is 16.4 Å². The Bertz CT molecular complexity index is 1100. The van der Waals surface area contributed by atoms with Crippen molar-refractivity contribution >= 4 is 38.1 Å². The smallest absolute Gasteiger partial charge is 0.290 e. The first-order valence-electron chi connectivity index (χ1n) is 8.87. The van der Waals surface area contributed by atoms with Gasteiger partial charge in [-0.1, -0.05) is 18.2 Å². The highest BCUT2D eigenvalue weighted by atomic mass is 32.2. The molecule has 1 aliphatic rings. The number of benzene rings is 1. The van der Waals surface area contributed by atoms with Crippen molar-refractivity contribution in [2.24, 2.45) is 0 Å². The number of carbonyl (C=O) groups excluding carboxylic acids is 1. The van der Waals surface area contributed by atoms with Gasteiger partial charge in [-0.15, -0.1) is 11.3 Å². The Morgan fingerprint density at radius 1 is 1.30 bits per heavy atom. The molecular formula is C20H21NO4S2. The first-order valence-corrected chi connectivity index (χ1v) is 11.6. The Morgan fingerprint density at radius 2 is 2.11 bits per heavy atom. The van der Waals surface area contributed by atoms with E-state index in [0.717, 1.165) is 21.4 Å². The van der Waals surface area contributed by atoms with Gasteiger partial charge in [0.05, 0.1) is 18.1 Å². The minimum Gasteiger partial charge on any atom is -0.451 e. The zero-order chi connectivity index (χ0) is 19.2. The predicted molar refractivity (Wildman–Crippen MR) is 107 cm³/mol. The van der Waals surface area contributed by atoms with Crippen molar-refractivity contribution in [3.63, 3.8) is 0 Å². The fraction of sp³-hybridized carbons (Fsp3) is 0.350. The van der Waals surface area contributed by atoms with E-state index in [9.17, 15) is 13.2 Å². The number of sulfone groups is 1. The summed E-state index contributed by atoms with van der Waals surface area (Å²) in [5.41, 5.74) is 2.55. The van der Waals surface area contributed by atoms with Crippen LogP contribution >= 0.6 is 11.3 Å². The van der Waals surface area contributed by atoms with Crippen molar-refractivity contribution in [1.82, 2.24) is 4.90 Å². The van der Waals surface area contributed by atoms with Gasteiger partial charge >= 0.3 is 0 Å². The van der Waals surface area contributed by atoms with Crippen LogP contribution in [0.2, 0.25) is 0 Å². The Hall–Kier alpha value is -2.12. The van der Waals surface area contributed by atoms with Gasteiger partial charge in [-0.2, -0.15) is 0 Å². The number of hydrogen-bond donors (Lipinski definition) is 0. The first kappa shape index (κ1) is 18.3. The van der Waals surface area contributed by atoms with Crippen LogP contribution in [0, 0.1) is 13.8 Å². The molecule has 1 atom stereocenters. The van der Waals surface area contributed by atoms with Crippen LogP contribution in [0.3, 0.4) is 0 Å². The molecule has 5 nitrogen and oxygen atoms in total. The van der Waals surface area contributed by atoms with Gasteiger partial charge in [0, 0.05) is 21.9 Å². The molecule has 4 rings (SSSR count). The van der Waals surface area contributed by atoms with Gasteiger partial charge in [-0.25, -0.2) is 8.42 Å². The van der Waals surface area contributed by atoms with Crippen molar-refractivity contribution in [3.8, 4) is 0 Å².